The minimum atomic E-state index is -1.50. The van der Waals surface area contributed by atoms with Gasteiger partial charge in [0.1, 0.15) is 5.60 Å². The molecular formula is C38H30O7. The summed E-state index contributed by atoms with van der Waals surface area (Å²) >= 11 is 0. The summed E-state index contributed by atoms with van der Waals surface area (Å²) in [4.78, 5) is 39.5. The van der Waals surface area contributed by atoms with Crippen molar-refractivity contribution in [2.45, 2.75) is 23.9 Å². The van der Waals surface area contributed by atoms with Crippen molar-refractivity contribution >= 4 is 17.9 Å². The number of ether oxygens (including phenoxy) is 4. The van der Waals surface area contributed by atoms with Crippen molar-refractivity contribution in [1.82, 2.24) is 0 Å². The minimum absolute atomic E-state index is 0.184. The zero-order valence-electron chi connectivity index (χ0n) is 24.2. The maximum absolute atomic E-state index is 13.3. The molecule has 1 aliphatic rings. The lowest BCUT2D eigenvalue weighted by molar-refractivity contribution is -0.150. The monoisotopic (exact) mass is 598 g/mol. The standard InChI is InChI=1S/C38H30O7/c39-35(27-16-6-1-7-17-27)44-33-32(43-37(41)34(33)45-36(40)28-18-8-2-9-19-28)26-42-38(29-20-10-3-11-21-29,30-22-12-4-13-23-30)31-24-14-5-15-25-31/h1-25,32-34H,26H2/t32-,33?,34?/m0/s1. The SMILES string of the molecule is O=C(OC1C(=O)O[C@@H](COC(c2ccccc2)(c2ccccc2)c2ccccc2)C1OC(=O)c1ccccc1)c1ccccc1. The second kappa shape index (κ2) is 13.4. The maximum atomic E-state index is 13.3. The van der Waals surface area contributed by atoms with Crippen molar-refractivity contribution in [2.75, 3.05) is 6.61 Å². The smallest absolute Gasteiger partial charge is 0.352 e. The van der Waals surface area contributed by atoms with Crippen LogP contribution >= 0.6 is 0 Å². The number of benzene rings is 5. The van der Waals surface area contributed by atoms with E-state index < -0.39 is 41.8 Å². The fourth-order valence-electron chi connectivity index (χ4n) is 5.49. The molecule has 6 rings (SSSR count). The van der Waals surface area contributed by atoms with E-state index in [9.17, 15) is 14.4 Å². The van der Waals surface area contributed by atoms with Crippen molar-refractivity contribution in [3.63, 3.8) is 0 Å². The minimum Gasteiger partial charge on any atom is -0.453 e. The first-order valence-corrected chi connectivity index (χ1v) is 14.6. The highest BCUT2D eigenvalue weighted by Crippen LogP contribution is 2.41. The Morgan fingerprint density at radius 2 is 0.933 bits per heavy atom. The molecule has 3 atom stereocenters. The predicted molar refractivity (Wildman–Crippen MR) is 166 cm³/mol. The van der Waals surface area contributed by atoms with Gasteiger partial charge >= 0.3 is 17.9 Å². The van der Waals surface area contributed by atoms with Crippen LogP contribution in [0.1, 0.15) is 37.4 Å². The molecule has 0 saturated carbocycles. The van der Waals surface area contributed by atoms with Crippen LogP contribution in [0.4, 0.5) is 0 Å². The second-order valence-electron chi connectivity index (χ2n) is 10.5. The lowest BCUT2D eigenvalue weighted by atomic mass is 9.80. The highest BCUT2D eigenvalue weighted by Gasteiger charge is 2.52. The lowest BCUT2D eigenvalue weighted by Crippen LogP contribution is -2.43. The van der Waals surface area contributed by atoms with Crippen LogP contribution < -0.4 is 0 Å². The second-order valence-corrected chi connectivity index (χ2v) is 10.5. The Morgan fingerprint density at radius 1 is 0.556 bits per heavy atom. The van der Waals surface area contributed by atoms with E-state index >= 15 is 0 Å². The summed E-state index contributed by atoms with van der Waals surface area (Å²) in [5, 5.41) is 0. The molecule has 1 saturated heterocycles. The van der Waals surface area contributed by atoms with Gasteiger partial charge in [-0.3, -0.25) is 0 Å². The van der Waals surface area contributed by atoms with Gasteiger partial charge in [0.05, 0.1) is 17.7 Å². The fraction of sp³-hybridized carbons (Fsp3) is 0.132. The fourth-order valence-corrected chi connectivity index (χ4v) is 5.49. The molecule has 0 N–H and O–H groups in total. The van der Waals surface area contributed by atoms with Crippen LogP contribution in [0.3, 0.4) is 0 Å². The molecule has 7 heteroatoms. The third-order valence-corrected chi connectivity index (χ3v) is 7.67. The molecule has 45 heavy (non-hydrogen) atoms. The summed E-state index contributed by atoms with van der Waals surface area (Å²) in [6, 6.07) is 45.8. The van der Waals surface area contributed by atoms with Gasteiger partial charge in [-0.25, -0.2) is 14.4 Å². The number of cyclic esters (lactones) is 1. The lowest BCUT2D eigenvalue weighted by Gasteiger charge is -2.37. The Balaban J connectivity index is 1.36. The third kappa shape index (κ3) is 6.25. The van der Waals surface area contributed by atoms with Gasteiger partial charge in [-0.05, 0) is 41.0 Å². The molecule has 5 aromatic carbocycles. The summed E-state index contributed by atoms with van der Waals surface area (Å²) < 4.78 is 24.1. The van der Waals surface area contributed by atoms with Crippen LogP contribution in [0.2, 0.25) is 0 Å². The van der Waals surface area contributed by atoms with Gasteiger partial charge in [0.25, 0.3) is 0 Å². The molecule has 1 fully saturated rings. The van der Waals surface area contributed by atoms with Gasteiger partial charge in [-0.15, -0.1) is 0 Å². The number of esters is 3. The van der Waals surface area contributed by atoms with Gasteiger partial charge in [0.15, 0.2) is 12.2 Å². The molecule has 0 radical (unpaired) electrons. The van der Waals surface area contributed by atoms with E-state index in [1.54, 1.807) is 60.7 Å². The Kier molecular flexibility index (Phi) is 8.80. The Bertz CT molecular complexity index is 1630. The summed E-state index contributed by atoms with van der Waals surface area (Å²) in [6.45, 7) is -0.184. The number of hydrogen-bond donors (Lipinski definition) is 0. The summed E-state index contributed by atoms with van der Waals surface area (Å²) in [7, 11) is 0. The molecule has 7 nitrogen and oxygen atoms in total. The van der Waals surface area contributed by atoms with Crippen molar-refractivity contribution in [1.29, 1.82) is 0 Å². The van der Waals surface area contributed by atoms with Gasteiger partial charge in [0.2, 0.25) is 6.10 Å². The van der Waals surface area contributed by atoms with Crippen molar-refractivity contribution in [2.24, 2.45) is 0 Å². The first-order valence-electron chi connectivity index (χ1n) is 14.6. The average Bonchev–Trinajstić information content (AvgIpc) is 3.39. The van der Waals surface area contributed by atoms with Gasteiger partial charge in [0, 0.05) is 0 Å². The molecule has 0 aromatic heterocycles. The molecular weight excluding hydrogens is 568 g/mol. The molecule has 0 aliphatic carbocycles. The van der Waals surface area contributed by atoms with E-state index in [4.69, 9.17) is 18.9 Å². The van der Waals surface area contributed by atoms with Crippen LogP contribution in [0.15, 0.2) is 152 Å². The number of carbonyl (C=O) groups excluding carboxylic acids is 3. The topological polar surface area (TPSA) is 88.1 Å². The van der Waals surface area contributed by atoms with Gasteiger partial charge in [-0.1, -0.05) is 127 Å². The number of hydrogen-bond acceptors (Lipinski definition) is 7. The molecule has 0 spiro atoms. The quantitative estimate of drug-likeness (QED) is 0.105. The van der Waals surface area contributed by atoms with E-state index in [2.05, 4.69) is 0 Å². The molecule has 1 heterocycles. The predicted octanol–water partition coefficient (Wildman–Crippen LogP) is 6.37. The molecule has 224 valence electrons. The molecule has 0 amide bonds. The van der Waals surface area contributed by atoms with E-state index in [0.29, 0.717) is 0 Å². The van der Waals surface area contributed by atoms with Gasteiger partial charge < -0.3 is 18.9 Å². The molecule has 1 aliphatic heterocycles. The van der Waals surface area contributed by atoms with Crippen LogP contribution in [-0.2, 0) is 29.3 Å². The molecule has 5 aromatic rings. The highest BCUT2D eigenvalue weighted by molar-refractivity contribution is 5.93. The van der Waals surface area contributed by atoms with E-state index in [0.717, 1.165) is 16.7 Å². The normalized spacial score (nSPS) is 17.7. The van der Waals surface area contributed by atoms with E-state index in [1.807, 2.05) is 91.0 Å². The number of rotatable bonds is 10. The average molecular weight is 599 g/mol. The Morgan fingerprint density at radius 3 is 1.36 bits per heavy atom. The zero-order chi connectivity index (χ0) is 31.1. The number of carbonyl (C=O) groups is 3. The molecule has 0 bridgehead atoms. The third-order valence-electron chi connectivity index (χ3n) is 7.67. The maximum Gasteiger partial charge on any atom is 0.352 e. The van der Waals surface area contributed by atoms with Crippen molar-refractivity contribution in [3.8, 4) is 0 Å². The summed E-state index contributed by atoms with van der Waals surface area (Å²) in [5.74, 6) is -2.26. The largest absolute Gasteiger partial charge is 0.453 e. The zero-order valence-corrected chi connectivity index (χ0v) is 24.2. The molecule has 2 unspecified atom stereocenters. The van der Waals surface area contributed by atoms with E-state index in [-0.39, 0.29) is 17.7 Å². The first-order chi connectivity index (χ1) is 22.1. The Hall–Kier alpha value is -5.53. The summed E-state index contributed by atoms with van der Waals surface area (Å²) in [5.41, 5.74) is 1.93. The van der Waals surface area contributed by atoms with Crippen molar-refractivity contribution in [3.05, 3.63) is 179 Å². The first kappa shape index (κ1) is 29.5. The van der Waals surface area contributed by atoms with Crippen LogP contribution in [0.25, 0.3) is 0 Å². The van der Waals surface area contributed by atoms with Crippen molar-refractivity contribution < 1.29 is 33.3 Å². The summed E-state index contributed by atoms with van der Waals surface area (Å²) in [6.07, 6.45) is -3.87. The van der Waals surface area contributed by atoms with Crippen LogP contribution in [-0.4, -0.2) is 42.8 Å². The van der Waals surface area contributed by atoms with E-state index in [1.165, 1.54) is 0 Å². The van der Waals surface area contributed by atoms with Gasteiger partial charge in [-0.2, -0.15) is 0 Å². The highest BCUT2D eigenvalue weighted by atomic mass is 16.7. The Labute approximate surface area is 261 Å². The van der Waals surface area contributed by atoms with Crippen LogP contribution in [0, 0.1) is 0 Å². The van der Waals surface area contributed by atoms with Crippen LogP contribution in [0.5, 0.6) is 0 Å².